The summed E-state index contributed by atoms with van der Waals surface area (Å²) >= 11 is 5.57. The van der Waals surface area contributed by atoms with Crippen LogP contribution in [0.5, 0.6) is 0 Å². The maximum atomic E-state index is 12.3. The fourth-order valence-electron chi connectivity index (χ4n) is 2.19. The number of rotatable bonds is 3. The maximum absolute atomic E-state index is 12.3. The second-order valence-corrected chi connectivity index (χ2v) is 6.88. The highest BCUT2D eigenvalue weighted by molar-refractivity contribution is 14.1. The highest BCUT2D eigenvalue weighted by Crippen LogP contribution is 2.28. The van der Waals surface area contributed by atoms with Crippen molar-refractivity contribution in [3.63, 3.8) is 0 Å². The molecule has 0 bridgehead atoms. The highest BCUT2D eigenvalue weighted by Gasteiger charge is 2.29. The molecule has 0 saturated heterocycles. The lowest BCUT2D eigenvalue weighted by molar-refractivity contribution is 0.0265. The molecule has 0 aromatic heterocycles. The average Bonchev–Trinajstić information content (AvgIpc) is 2.29. The summed E-state index contributed by atoms with van der Waals surface area (Å²) in [5.41, 5.74) is 0.729. The van der Waals surface area contributed by atoms with Gasteiger partial charge in [0.25, 0.3) is 5.91 Å². The second-order valence-electron chi connectivity index (χ2n) is 4.80. The zero-order valence-electron chi connectivity index (χ0n) is 10.1. The van der Waals surface area contributed by atoms with Crippen molar-refractivity contribution in [3.8, 4) is 0 Å². The number of nitrogens with zero attached hydrogens (tertiary/aromatic N) is 1. The van der Waals surface area contributed by atoms with E-state index in [0.717, 1.165) is 33.0 Å². The van der Waals surface area contributed by atoms with Gasteiger partial charge in [0.15, 0.2) is 0 Å². The number of hydrogen-bond donors (Lipinski definition) is 1. The van der Waals surface area contributed by atoms with Gasteiger partial charge in [-0.05, 0) is 59.5 Å². The van der Waals surface area contributed by atoms with Gasteiger partial charge >= 0.3 is 0 Å². The van der Waals surface area contributed by atoms with Gasteiger partial charge < -0.3 is 10.0 Å². The van der Waals surface area contributed by atoms with E-state index in [4.69, 9.17) is 0 Å². The van der Waals surface area contributed by atoms with Crippen LogP contribution >= 0.6 is 38.5 Å². The van der Waals surface area contributed by atoms with Crippen molar-refractivity contribution in [2.45, 2.75) is 18.9 Å². The van der Waals surface area contributed by atoms with Crippen LogP contribution < -0.4 is 0 Å². The van der Waals surface area contributed by atoms with Gasteiger partial charge in [-0.25, -0.2) is 0 Å². The molecule has 0 radical (unpaired) electrons. The first-order valence-electron chi connectivity index (χ1n) is 5.86. The van der Waals surface area contributed by atoms with E-state index in [1.165, 1.54) is 0 Å². The number of aliphatic hydroxyl groups excluding tert-OH is 1. The smallest absolute Gasteiger partial charge is 0.254 e. The van der Waals surface area contributed by atoms with E-state index in [2.05, 4.69) is 38.5 Å². The molecule has 0 atom stereocenters. The third-order valence-corrected chi connectivity index (χ3v) is 4.68. The average molecular weight is 424 g/mol. The van der Waals surface area contributed by atoms with Crippen LogP contribution in [0.4, 0.5) is 0 Å². The van der Waals surface area contributed by atoms with Crippen molar-refractivity contribution in [1.29, 1.82) is 0 Å². The SMILES string of the molecule is CN(CC1CC(O)C1)C(=O)c1cc(Br)ccc1I. The minimum atomic E-state index is -0.162. The predicted molar refractivity (Wildman–Crippen MR) is 82.6 cm³/mol. The molecule has 1 amide bonds. The summed E-state index contributed by atoms with van der Waals surface area (Å²) in [6.45, 7) is 0.721. The van der Waals surface area contributed by atoms with Crippen molar-refractivity contribution in [2.75, 3.05) is 13.6 Å². The van der Waals surface area contributed by atoms with Crippen molar-refractivity contribution >= 4 is 44.4 Å². The van der Waals surface area contributed by atoms with Crippen LogP contribution in [0.1, 0.15) is 23.2 Å². The predicted octanol–water partition coefficient (Wildman–Crippen LogP) is 2.90. The molecule has 5 heteroatoms. The highest BCUT2D eigenvalue weighted by atomic mass is 127. The van der Waals surface area contributed by atoms with Crippen LogP contribution in [0.3, 0.4) is 0 Å². The number of amides is 1. The Labute approximate surface area is 129 Å². The number of halogens is 2. The van der Waals surface area contributed by atoms with Crippen LogP contribution in [0, 0.1) is 9.49 Å². The first kappa shape index (κ1) is 14.3. The van der Waals surface area contributed by atoms with Gasteiger partial charge in [-0.1, -0.05) is 15.9 Å². The zero-order chi connectivity index (χ0) is 13.3. The third kappa shape index (κ3) is 3.24. The van der Waals surface area contributed by atoms with Gasteiger partial charge in [-0.15, -0.1) is 0 Å². The largest absolute Gasteiger partial charge is 0.393 e. The Hall–Kier alpha value is -0.140. The number of aliphatic hydroxyl groups is 1. The first-order valence-corrected chi connectivity index (χ1v) is 7.73. The summed E-state index contributed by atoms with van der Waals surface area (Å²) < 4.78 is 1.88. The van der Waals surface area contributed by atoms with Crippen LogP contribution in [-0.2, 0) is 0 Å². The minimum absolute atomic E-state index is 0.0436. The molecule has 0 heterocycles. The van der Waals surface area contributed by atoms with E-state index in [9.17, 15) is 9.90 Å². The topological polar surface area (TPSA) is 40.5 Å². The lowest BCUT2D eigenvalue weighted by Crippen LogP contribution is -2.39. The molecule has 0 unspecified atom stereocenters. The quantitative estimate of drug-likeness (QED) is 0.759. The normalized spacial score (nSPS) is 22.4. The molecule has 18 heavy (non-hydrogen) atoms. The molecular weight excluding hydrogens is 409 g/mol. The number of benzene rings is 1. The lowest BCUT2D eigenvalue weighted by Gasteiger charge is -2.34. The van der Waals surface area contributed by atoms with E-state index in [-0.39, 0.29) is 12.0 Å². The Kier molecular flexibility index (Phi) is 4.66. The molecule has 98 valence electrons. The van der Waals surface area contributed by atoms with E-state index in [1.807, 2.05) is 25.2 Å². The summed E-state index contributed by atoms with van der Waals surface area (Å²) in [4.78, 5) is 14.1. The summed E-state index contributed by atoms with van der Waals surface area (Å²) in [5.74, 6) is 0.487. The zero-order valence-corrected chi connectivity index (χ0v) is 13.8. The van der Waals surface area contributed by atoms with Crippen molar-refractivity contribution < 1.29 is 9.90 Å². The number of hydrogen-bond acceptors (Lipinski definition) is 2. The number of carbonyl (C=O) groups is 1. The summed E-state index contributed by atoms with van der Waals surface area (Å²) in [6.07, 6.45) is 1.46. The van der Waals surface area contributed by atoms with Gasteiger partial charge in [-0.3, -0.25) is 4.79 Å². The van der Waals surface area contributed by atoms with Crippen LogP contribution in [0.15, 0.2) is 22.7 Å². The van der Waals surface area contributed by atoms with Crippen molar-refractivity contribution in [1.82, 2.24) is 4.90 Å². The van der Waals surface area contributed by atoms with E-state index in [1.54, 1.807) is 4.90 Å². The first-order chi connectivity index (χ1) is 8.47. The Morgan fingerprint density at radius 3 is 2.83 bits per heavy atom. The summed E-state index contributed by atoms with van der Waals surface area (Å²) in [5, 5.41) is 9.26. The minimum Gasteiger partial charge on any atom is -0.393 e. The molecule has 1 aliphatic carbocycles. The Bertz CT molecular complexity index is 460. The maximum Gasteiger partial charge on any atom is 0.254 e. The fraction of sp³-hybridized carbons (Fsp3) is 0.462. The van der Waals surface area contributed by atoms with Crippen molar-refractivity contribution in [2.24, 2.45) is 5.92 Å². The monoisotopic (exact) mass is 423 g/mol. The molecule has 0 spiro atoms. The Morgan fingerprint density at radius 1 is 1.56 bits per heavy atom. The molecule has 1 fully saturated rings. The van der Waals surface area contributed by atoms with E-state index in [0.29, 0.717) is 5.92 Å². The lowest BCUT2D eigenvalue weighted by atomic mass is 9.82. The molecular formula is C13H15BrINO2. The van der Waals surface area contributed by atoms with Crippen LogP contribution in [0.25, 0.3) is 0 Å². The fourth-order valence-corrected chi connectivity index (χ4v) is 3.11. The van der Waals surface area contributed by atoms with Gasteiger partial charge in [0.1, 0.15) is 0 Å². The van der Waals surface area contributed by atoms with Crippen LogP contribution in [0.2, 0.25) is 0 Å². The molecule has 1 aromatic carbocycles. The molecule has 0 aliphatic heterocycles. The standard InChI is InChI=1S/C13H15BrINO2/c1-16(7-8-4-10(17)5-8)13(18)11-6-9(14)2-3-12(11)15/h2-3,6,8,10,17H,4-5,7H2,1H3. The molecule has 3 nitrogen and oxygen atoms in total. The van der Waals surface area contributed by atoms with E-state index >= 15 is 0 Å². The number of carbonyl (C=O) groups excluding carboxylic acids is 1. The third-order valence-electron chi connectivity index (χ3n) is 3.25. The molecule has 1 N–H and O–H groups in total. The second kappa shape index (κ2) is 5.88. The Morgan fingerprint density at radius 2 is 2.22 bits per heavy atom. The van der Waals surface area contributed by atoms with Gasteiger partial charge in [0.05, 0.1) is 11.7 Å². The van der Waals surface area contributed by atoms with Gasteiger partial charge in [0.2, 0.25) is 0 Å². The molecule has 1 aliphatic rings. The molecule has 2 rings (SSSR count). The summed E-state index contributed by atoms with van der Waals surface area (Å²) in [7, 11) is 1.82. The molecule has 1 saturated carbocycles. The van der Waals surface area contributed by atoms with Gasteiger partial charge in [0, 0.05) is 21.6 Å². The van der Waals surface area contributed by atoms with Crippen LogP contribution in [-0.4, -0.2) is 35.6 Å². The van der Waals surface area contributed by atoms with E-state index < -0.39 is 0 Å². The van der Waals surface area contributed by atoms with Crippen molar-refractivity contribution in [3.05, 3.63) is 31.8 Å². The summed E-state index contributed by atoms with van der Waals surface area (Å²) in [6, 6.07) is 5.72. The van der Waals surface area contributed by atoms with Gasteiger partial charge in [-0.2, -0.15) is 0 Å². The molecule has 1 aromatic rings. The Balaban J connectivity index is 2.03.